The van der Waals surface area contributed by atoms with Crippen molar-refractivity contribution < 1.29 is 4.74 Å². The van der Waals surface area contributed by atoms with Gasteiger partial charge in [-0.15, -0.1) is 0 Å². The van der Waals surface area contributed by atoms with Crippen LogP contribution in [0.1, 0.15) is 41.0 Å². The molecule has 3 heterocycles. The van der Waals surface area contributed by atoms with E-state index in [1.807, 2.05) is 46.2 Å². The molecule has 0 aliphatic carbocycles. The summed E-state index contributed by atoms with van der Waals surface area (Å²) >= 11 is 0. The first kappa shape index (κ1) is 18.2. The molecule has 0 saturated heterocycles. The SMILES string of the molecule is CC(C)(C)n1cc(OCCC(C)(C)n2cc(-c3ccccn3)cn2)cn1. The van der Waals surface area contributed by atoms with Crippen LogP contribution >= 0.6 is 0 Å². The van der Waals surface area contributed by atoms with Crippen molar-refractivity contribution in [3.63, 3.8) is 0 Å². The summed E-state index contributed by atoms with van der Waals surface area (Å²) in [7, 11) is 0. The molecule has 0 atom stereocenters. The first-order valence-electron chi connectivity index (χ1n) is 8.90. The molecule has 138 valence electrons. The molecule has 0 aliphatic heterocycles. The highest BCUT2D eigenvalue weighted by Crippen LogP contribution is 2.24. The molecule has 3 rings (SSSR count). The minimum atomic E-state index is -0.160. The van der Waals surface area contributed by atoms with E-state index in [2.05, 4.69) is 49.8 Å². The van der Waals surface area contributed by atoms with Crippen molar-refractivity contribution >= 4 is 0 Å². The van der Waals surface area contributed by atoms with Crippen molar-refractivity contribution in [2.45, 2.75) is 52.1 Å². The lowest BCUT2D eigenvalue weighted by molar-refractivity contribution is 0.215. The zero-order valence-electron chi connectivity index (χ0n) is 16.2. The van der Waals surface area contributed by atoms with Gasteiger partial charge in [-0.3, -0.25) is 14.3 Å². The van der Waals surface area contributed by atoms with Crippen LogP contribution in [0.4, 0.5) is 0 Å². The van der Waals surface area contributed by atoms with Crippen LogP contribution in [0.3, 0.4) is 0 Å². The smallest absolute Gasteiger partial charge is 0.157 e. The third-order valence-corrected chi connectivity index (χ3v) is 4.39. The molecule has 3 aromatic rings. The van der Waals surface area contributed by atoms with Crippen molar-refractivity contribution in [3.05, 3.63) is 49.2 Å². The van der Waals surface area contributed by atoms with Gasteiger partial charge in [0.05, 0.1) is 42.0 Å². The van der Waals surface area contributed by atoms with Crippen LogP contribution in [-0.4, -0.2) is 31.2 Å². The summed E-state index contributed by atoms with van der Waals surface area (Å²) in [6, 6.07) is 5.89. The normalized spacial score (nSPS) is 12.3. The molecule has 0 unspecified atom stereocenters. The van der Waals surface area contributed by atoms with Gasteiger partial charge in [0.25, 0.3) is 0 Å². The van der Waals surface area contributed by atoms with Crippen molar-refractivity contribution in [1.29, 1.82) is 0 Å². The number of ether oxygens (including phenoxy) is 1. The summed E-state index contributed by atoms with van der Waals surface area (Å²) in [5, 5.41) is 8.90. The highest BCUT2D eigenvalue weighted by atomic mass is 16.5. The summed E-state index contributed by atoms with van der Waals surface area (Å²) in [6.07, 6.45) is 10.2. The molecule has 0 amide bonds. The van der Waals surface area contributed by atoms with Crippen LogP contribution in [0.25, 0.3) is 11.3 Å². The van der Waals surface area contributed by atoms with Gasteiger partial charge in [-0.1, -0.05) is 6.07 Å². The number of aromatic nitrogens is 5. The van der Waals surface area contributed by atoms with Gasteiger partial charge in [0.15, 0.2) is 5.75 Å². The second-order valence-corrected chi connectivity index (χ2v) is 8.09. The van der Waals surface area contributed by atoms with Gasteiger partial charge in [-0.2, -0.15) is 10.2 Å². The van der Waals surface area contributed by atoms with E-state index < -0.39 is 0 Å². The molecule has 0 spiro atoms. The highest BCUT2D eigenvalue weighted by molar-refractivity contribution is 5.56. The summed E-state index contributed by atoms with van der Waals surface area (Å²) in [4.78, 5) is 4.38. The predicted octanol–water partition coefficient (Wildman–Crippen LogP) is 4.10. The van der Waals surface area contributed by atoms with Gasteiger partial charge in [0.2, 0.25) is 0 Å². The average Bonchev–Trinajstić information content (AvgIpc) is 3.25. The molecule has 6 nitrogen and oxygen atoms in total. The van der Waals surface area contributed by atoms with Gasteiger partial charge < -0.3 is 4.74 Å². The maximum atomic E-state index is 5.89. The third kappa shape index (κ3) is 4.12. The van der Waals surface area contributed by atoms with Crippen molar-refractivity contribution in [2.75, 3.05) is 6.61 Å². The number of hydrogen-bond acceptors (Lipinski definition) is 4. The highest BCUT2D eigenvalue weighted by Gasteiger charge is 2.22. The van der Waals surface area contributed by atoms with E-state index in [-0.39, 0.29) is 11.1 Å². The van der Waals surface area contributed by atoms with Crippen LogP contribution in [0.5, 0.6) is 5.75 Å². The second-order valence-electron chi connectivity index (χ2n) is 8.09. The fourth-order valence-electron chi connectivity index (χ4n) is 2.60. The molecular formula is C20H27N5O. The lowest BCUT2D eigenvalue weighted by atomic mass is 10.0. The predicted molar refractivity (Wildman–Crippen MR) is 102 cm³/mol. The lowest BCUT2D eigenvalue weighted by Gasteiger charge is -2.25. The zero-order valence-corrected chi connectivity index (χ0v) is 16.2. The Balaban J connectivity index is 1.61. The summed E-state index contributed by atoms with van der Waals surface area (Å²) in [5.74, 6) is 0.797. The molecule has 6 heteroatoms. The Kier molecular flexibility index (Phi) is 4.85. The molecule has 3 aromatic heterocycles. The Morgan fingerprint density at radius 2 is 1.73 bits per heavy atom. The average molecular weight is 353 g/mol. The van der Waals surface area contributed by atoms with Gasteiger partial charge >= 0.3 is 0 Å². The van der Waals surface area contributed by atoms with E-state index in [9.17, 15) is 0 Å². The minimum Gasteiger partial charge on any atom is -0.490 e. The fraction of sp³-hybridized carbons (Fsp3) is 0.450. The van der Waals surface area contributed by atoms with Gasteiger partial charge in [-0.25, -0.2) is 0 Å². The Morgan fingerprint density at radius 3 is 2.38 bits per heavy atom. The molecule has 0 fully saturated rings. The molecule has 26 heavy (non-hydrogen) atoms. The topological polar surface area (TPSA) is 57.8 Å². The Labute approximate surface area is 154 Å². The second kappa shape index (κ2) is 6.94. The quantitative estimate of drug-likeness (QED) is 0.669. The van der Waals surface area contributed by atoms with Crippen molar-refractivity contribution in [2.24, 2.45) is 0 Å². The minimum absolute atomic E-state index is 0.0438. The largest absolute Gasteiger partial charge is 0.490 e. The molecule has 0 aliphatic rings. The summed E-state index contributed by atoms with van der Waals surface area (Å²) < 4.78 is 9.80. The van der Waals surface area contributed by atoms with Crippen LogP contribution in [0, 0.1) is 0 Å². The maximum Gasteiger partial charge on any atom is 0.157 e. The Bertz CT molecular complexity index is 842. The first-order chi connectivity index (χ1) is 12.3. The molecule has 0 bridgehead atoms. The van der Waals surface area contributed by atoms with E-state index in [0.29, 0.717) is 6.61 Å². The summed E-state index contributed by atoms with van der Waals surface area (Å²) in [6.45, 7) is 11.3. The number of hydrogen-bond donors (Lipinski definition) is 0. The molecule has 0 radical (unpaired) electrons. The van der Waals surface area contributed by atoms with E-state index in [4.69, 9.17) is 4.74 Å². The Morgan fingerprint density at radius 1 is 0.962 bits per heavy atom. The van der Waals surface area contributed by atoms with Crippen molar-refractivity contribution in [1.82, 2.24) is 24.5 Å². The van der Waals surface area contributed by atoms with Crippen LogP contribution in [0.15, 0.2) is 49.2 Å². The van der Waals surface area contributed by atoms with E-state index in [0.717, 1.165) is 23.4 Å². The number of nitrogens with zero attached hydrogens (tertiary/aromatic N) is 5. The van der Waals surface area contributed by atoms with Gasteiger partial charge in [0, 0.05) is 24.4 Å². The fourth-order valence-corrected chi connectivity index (χ4v) is 2.60. The zero-order chi connectivity index (χ0) is 18.8. The van der Waals surface area contributed by atoms with E-state index in [1.165, 1.54) is 0 Å². The van der Waals surface area contributed by atoms with Crippen LogP contribution < -0.4 is 4.74 Å². The summed E-state index contributed by atoms with van der Waals surface area (Å²) in [5.41, 5.74) is 1.75. The number of rotatable bonds is 6. The molecule has 0 N–H and O–H groups in total. The molecule has 0 saturated carbocycles. The molecule has 0 aromatic carbocycles. The number of pyridine rings is 1. The first-order valence-corrected chi connectivity index (χ1v) is 8.90. The van der Waals surface area contributed by atoms with Crippen LogP contribution in [0.2, 0.25) is 0 Å². The lowest BCUT2D eigenvalue weighted by Crippen LogP contribution is -2.29. The van der Waals surface area contributed by atoms with Crippen molar-refractivity contribution in [3.8, 4) is 17.0 Å². The third-order valence-electron chi connectivity index (χ3n) is 4.39. The van der Waals surface area contributed by atoms with E-state index >= 15 is 0 Å². The monoisotopic (exact) mass is 353 g/mol. The van der Waals surface area contributed by atoms with Crippen LogP contribution in [-0.2, 0) is 11.1 Å². The maximum absolute atomic E-state index is 5.89. The van der Waals surface area contributed by atoms with E-state index in [1.54, 1.807) is 12.4 Å². The Hall–Kier alpha value is -2.63. The van der Waals surface area contributed by atoms with Gasteiger partial charge in [-0.05, 0) is 46.8 Å². The molecular weight excluding hydrogens is 326 g/mol. The van der Waals surface area contributed by atoms with Gasteiger partial charge in [0.1, 0.15) is 0 Å². The standard InChI is InChI=1S/C20H27N5O/c1-19(2,3)24-15-17(13-23-24)26-11-9-20(4,5)25-14-16(12-22-25)18-8-6-7-10-21-18/h6-8,10,12-15H,9,11H2,1-5H3.